The van der Waals surface area contributed by atoms with Crippen LogP contribution in [0.2, 0.25) is 6.32 Å². The van der Waals surface area contributed by atoms with Crippen LogP contribution in [0.1, 0.15) is 66.5 Å². The lowest BCUT2D eigenvalue weighted by atomic mass is 10.0. The number of alkyl carbamates (subject to hydrolysis) is 1. The molecule has 0 saturated heterocycles. The number of thioether (sulfide) groups is 2. The van der Waals surface area contributed by atoms with E-state index in [4.69, 9.17) is 17.3 Å². The van der Waals surface area contributed by atoms with Gasteiger partial charge in [-0.3, -0.25) is 4.79 Å². The zero-order valence-corrected chi connectivity index (χ0v) is 29.9. The summed E-state index contributed by atoms with van der Waals surface area (Å²) in [5, 5.41) is 5.96. The van der Waals surface area contributed by atoms with Crippen molar-refractivity contribution >= 4 is 49.5 Å². The van der Waals surface area contributed by atoms with Crippen LogP contribution in [0.5, 0.6) is 0 Å². The molecule has 0 bridgehead atoms. The van der Waals surface area contributed by atoms with E-state index in [9.17, 15) is 14.4 Å². The number of ether oxygens (including phenoxy) is 2. The Morgan fingerprint density at radius 2 is 1.33 bits per heavy atom. The van der Waals surface area contributed by atoms with Crippen LogP contribution in [-0.4, -0.2) is 78.7 Å². The lowest BCUT2D eigenvalue weighted by Gasteiger charge is -2.28. The Balaban J connectivity index is 1.98. The summed E-state index contributed by atoms with van der Waals surface area (Å²) in [7, 11) is 7.37. The average molecular weight is 656 g/mol. The second kappa shape index (κ2) is 17.8. The highest BCUT2D eigenvalue weighted by Gasteiger charge is 2.23. The van der Waals surface area contributed by atoms with E-state index >= 15 is 0 Å². The van der Waals surface area contributed by atoms with Crippen LogP contribution in [0, 0.1) is 0 Å². The number of nitrogens with zero attached hydrogens (tertiary/aromatic N) is 1. The summed E-state index contributed by atoms with van der Waals surface area (Å²) in [5.41, 5.74) is 1.13. The predicted octanol–water partition coefficient (Wildman–Crippen LogP) is 6.90. The molecular formula is C34H50BN3O5S2. The zero-order valence-electron chi connectivity index (χ0n) is 28.3. The minimum Gasteiger partial charge on any atom is -0.444 e. The fourth-order valence-corrected chi connectivity index (χ4v) is 6.40. The first kappa shape index (κ1) is 38.4. The van der Waals surface area contributed by atoms with E-state index in [1.54, 1.807) is 35.5 Å². The molecule has 1 unspecified atom stereocenters. The monoisotopic (exact) mass is 655 g/mol. The molecule has 0 spiro atoms. The zero-order chi connectivity index (χ0) is 33.8. The van der Waals surface area contributed by atoms with Crippen molar-refractivity contribution in [1.82, 2.24) is 15.5 Å². The maximum atomic E-state index is 12.5. The standard InChI is InChI=1S/C34H50BN3O5S2/c1-23(36-31(40)42-33(3,4)5)16-25-12-10-14-28(18-25)44-21-27(37-30(39)20-35)22-45-29-15-11-13-26(19-29)17-24(2)38(9)32(41)43-34(6,7)8/h10-15,18-19,23-24,27H,16-17,20-22H2,1-9H3,(H,36,40)(H,37,39)/t23-,24-,27?/m0/s1. The Bertz CT molecular complexity index is 1260. The van der Waals surface area contributed by atoms with E-state index in [2.05, 4.69) is 34.9 Å². The van der Waals surface area contributed by atoms with Crippen LogP contribution in [0.25, 0.3) is 0 Å². The van der Waals surface area contributed by atoms with Crippen LogP contribution in [0.4, 0.5) is 9.59 Å². The maximum Gasteiger partial charge on any atom is 0.410 e. The molecule has 0 aliphatic heterocycles. The highest BCUT2D eigenvalue weighted by atomic mass is 32.2. The second-order valence-corrected chi connectivity index (χ2v) is 15.5. The molecule has 45 heavy (non-hydrogen) atoms. The second-order valence-electron chi connectivity index (χ2n) is 13.3. The van der Waals surface area contributed by atoms with Gasteiger partial charge in [0.05, 0.1) is 7.85 Å². The molecule has 0 aliphatic carbocycles. The molecule has 2 radical (unpaired) electrons. The van der Waals surface area contributed by atoms with Gasteiger partial charge in [-0.2, -0.15) is 0 Å². The summed E-state index contributed by atoms with van der Waals surface area (Å²) in [6.07, 6.45) is 0.524. The number of amides is 3. The summed E-state index contributed by atoms with van der Waals surface area (Å²) in [6.45, 7) is 15.1. The third-order valence-corrected chi connectivity index (χ3v) is 8.74. The molecule has 2 rings (SSSR count). The van der Waals surface area contributed by atoms with Crippen molar-refractivity contribution < 1.29 is 23.9 Å². The largest absolute Gasteiger partial charge is 0.444 e. The summed E-state index contributed by atoms with van der Waals surface area (Å²) in [6, 6.07) is 16.2. The molecule has 11 heteroatoms. The van der Waals surface area contributed by atoms with Gasteiger partial charge in [-0.05, 0) is 110 Å². The maximum absolute atomic E-state index is 12.5. The Labute approximate surface area is 279 Å². The first-order valence-electron chi connectivity index (χ1n) is 15.3. The molecule has 2 aromatic rings. The van der Waals surface area contributed by atoms with E-state index in [0.29, 0.717) is 24.3 Å². The molecule has 3 amide bonds. The van der Waals surface area contributed by atoms with E-state index in [-0.39, 0.29) is 36.4 Å². The number of carbonyl (C=O) groups excluding carboxylic acids is 3. The van der Waals surface area contributed by atoms with E-state index < -0.39 is 17.3 Å². The Kier molecular flexibility index (Phi) is 15.2. The van der Waals surface area contributed by atoms with Crippen molar-refractivity contribution in [3.8, 4) is 0 Å². The minimum absolute atomic E-state index is 0.0417. The van der Waals surface area contributed by atoms with Gasteiger partial charge in [0.2, 0.25) is 5.91 Å². The Hall–Kier alpha value is -2.79. The van der Waals surface area contributed by atoms with Gasteiger partial charge in [0.25, 0.3) is 0 Å². The van der Waals surface area contributed by atoms with Crippen LogP contribution in [0.15, 0.2) is 58.3 Å². The number of rotatable bonds is 14. The molecule has 246 valence electrons. The normalized spacial score (nSPS) is 13.7. The van der Waals surface area contributed by atoms with E-state index in [1.807, 2.05) is 79.7 Å². The first-order valence-corrected chi connectivity index (χ1v) is 17.3. The fraction of sp³-hybridized carbons (Fsp3) is 0.559. The molecule has 0 aromatic heterocycles. The molecular weight excluding hydrogens is 605 g/mol. The molecule has 0 heterocycles. The van der Waals surface area contributed by atoms with Gasteiger partial charge < -0.3 is 25.0 Å². The van der Waals surface area contributed by atoms with Crippen LogP contribution in [-0.2, 0) is 27.1 Å². The molecule has 8 nitrogen and oxygen atoms in total. The van der Waals surface area contributed by atoms with Crippen molar-refractivity contribution in [3.63, 3.8) is 0 Å². The first-order chi connectivity index (χ1) is 20.9. The van der Waals surface area contributed by atoms with Crippen LogP contribution in [0.3, 0.4) is 0 Å². The summed E-state index contributed by atoms with van der Waals surface area (Å²) >= 11 is 3.34. The smallest absolute Gasteiger partial charge is 0.410 e. The SMILES string of the molecule is [B]CC(=O)NC(CSc1cccc(C[C@H](C)NC(=O)OC(C)(C)C)c1)CSc1cccc(C[C@H](C)N(C)C(=O)OC(C)(C)C)c1. The van der Waals surface area contributed by atoms with E-state index in [1.165, 1.54) is 0 Å². The van der Waals surface area contributed by atoms with Gasteiger partial charge in [-0.1, -0.05) is 24.3 Å². The predicted molar refractivity (Wildman–Crippen MR) is 187 cm³/mol. The molecule has 3 atom stereocenters. The number of nitrogens with one attached hydrogen (secondary N) is 2. The Morgan fingerprint density at radius 1 is 0.822 bits per heavy atom. The lowest BCUT2D eigenvalue weighted by Crippen LogP contribution is -2.40. The minimum atomic E-state index is -0.546. The van der Waals surface area contributed by atoms with Crippen molar-refractivity contribution in [2.75, 3.05) is 18.6 Å². The van der Waals surface area contributed by atoms with Crippen LogP contribution < -0.4 is 10.6 Å². The summed E-state index contributed by atoms with van der Waals surface area (Å²) in [5.74, 6) is 1.15. The summed E-state index contributed by atoms with van der Waals surface area (Å²) < 4.78 is 10.9. The van der Waals surface area contributed by atoms with Gasteiger partial charge in [0.1, 0.15) is 11.2 Å². The molecule has 0 fully saturated rings. The number of hydrogen-bond acceptors (Lipinski definition) is 7. The van der Waals surface area contributed by atoms with Gasteiger partial charge >= 0.3 is 12.2 Å². The van der Waals surface area contributed by atoms with Crippen LogP contribution >= 0.6 is 23.5 Å². The van der Waals surface area contributed by atoms with Crippen molar-refractivity contribution in [2.24, 2.45) is 0 Å². The lowest BCUT2D eigenvalue weighted by molar-refractivity contribution is -0.119. The van der Waals surface area contributed by atoms with Crippen molar-refractivity contribution in [3.05, 3.63) is 59.7 Å². The quantitative estimate of drug-likeness (QED) is 0.169. The Morgan fingerprint density at radius 3 is 1.82 bits per heavy atom. The average Bonchev–Trinajstić information content (AvgIpc) is 2.92. The summed E-state index contributed by atoms with van der Waals surface area (Å²) in [4.78, 5) is 40.7. The number of benzene rings is 2. The third-order valence-electron chi connectivity index (χ3n) is 6.43. The van der Waals surface area contributed by atoms with Gasteiger partial charge in [0, 0.05) is 46.5 Å². The fourth-order valence-electron chi connectivity index (χ4n) is 4.24. The molecule has 2 aromatic carbocycles. The number of hydrogen-bond donors (Lipinski definition) is 2. The highest BCUT2D eigenvalue weighted by molar-refractivity contribution is 8.00. The van der Waals surface area contributed by atoms with Gasteiger partial charge in [-0.25, -0.2) is 9.59 Å². The molecule has 0 aliphatic rings. The number of carbonyl (C=O) groups is 3. The van der Waals surface area contributed by atoms with Crippen molar-refractivity contribution in [1.29, 1.82) is 0 Å². The molecule has 2 N–H and O–H groups in total. The van der Waals surface area contributed by atoms with Gasteiger partial charge in [0.15, 0.2) is 0 Å². The molecule has 0 saturated carbocycles. The third kappa shape index (κ3) is 15.9. The van der Waals surface area contributed by atoms with Crippen molar-refractivity contribution in [2.45, 2.75) is 114 Å². The topological polar surface area (TPSA) is 97.0 Å². The van der Waals surface area contributed by atoms with Gasteiger partial charge in [-0.15, -0.1) is 23.5 Å². The van der Waals surface area contributed by atoms with E-state index in [0.717, 1.165) is 20.9 Å². The highest BCUT2D eigenvalue weighted by Crippen LogP contribution is 2.26. The number of likely N-dealkylation sites (N-methyl/N-ethyl adjacent to an activating group) is 1.